The van der Waals surface area contributed by atoms with Gasteiger partial charge in [-0.15, -0.1) is 0 Å². The smallest absolute Gasteiger partial charge is 0.123 e. The average molecular weight is 342 g/mol. The molecule has 0 aliphatic carbocycles. The molecule has 0 unspecified atom stereocenters. The van der Waals surface area contributed by atoms with Crippen LogP contribution in [0.15, 0.2) is 42.5 Å². The molecule has 3 nitrogen and oxygen atoms in total. The highest BCUT2D eigenvalue weighted by molar-refractivity contribution is 5.76. The zero-order valence-corrected chi connectivity index (χ0v) is 15.2. The van der Waals surface area contributed by atoms with E-state index in [9.17, 15) is 10.2 Å². The summed E-state index contributed by atoms with van der Waals surface area (Å²) in [6.07, 6.45) is 10.2. The van der Waals surface area contributed by atoms with Crippen molar-refractivity contribution in [3.63, 3.8) is 0 Å². The second-order valence-electron chi connectivity index (χ2n) is 6.52. The van der Waals surface area contributed by atoms with E-state index in [1.807, 2.05) is 6.07 Å². The third-order valence-electron chi connectivity index (χ3n) is 4.43. The normalized spacial score (nSPS) is 10.8. The topological polar surface area (TPSA) is 49.7 Å². The maximum absolute atomic E-state index is 10.1. The number of para-hydroxylation sites is 1. The van der Waals surface area contributed by atoms with E-state index >= 15 is 0 Å². The van der Waals surface area contributed by atoms with Gasteiger partial charge in [-0.1, -0.05) is 70.1 Å². The molecular weight excluding hydrogens is 312 g/mol. The Morgan fingerprint density at radius 3 is 2.08 bits per heavy atom. The molecule has 0 saturated carbocycles. The van der Waals surface area contributed by atoms with Crippen LogP contribution in [-0.2, 0) is 0 Å². The van der Waals surface area contributed by atoms with Crippen LogP contribution in [0.25, 0.3) is 11.1 Å². The van der Waals surface area contributed by atoms with Crippen LogP contribution < -0.4 is 4.74 Å². The lowest BCUT2D eigenvalue weighted by Crippen LogP contribution is -1.97. The van der Waals surface area contributed by atoms with E-state index in [2.05, 4.69) is 6.92 Å². The Labute approximate surface area is 151 Å². The van der Waals surface area contributed by atoms with Gasteiger partial charge in [0, 0.05) is 11.1 Å². The van der Waals surface area contributed by atoms with Crippen LogP contribution >= 0.6 is 0 Å². The van der Waals surface area contributed by atoms with Crippen molar-refractivity contribution in [1.82, 2.24) is 0 Å². The summed E-state index contributed by atoms with van der Waals surface area (Å²) in [5.74, 6) is 1.01. The van der Waals surface area contributed by atoms with Crippen molar-refractivity contribution in [1.29, 1.82) is 0 Å². The molecule has 0 aliphatic rings. The number of unbranched alkanes of at least 4 members (excludes halogenated alkanes) is 7. The summed E-state index contributed by atoms with van der Waals surface area (Å²) in [4.78, 5) is 0. The SMILES string of the molecule is CCCCCCCCCCOc1ccc(O)c(-c2ccccc2O)c1. The van der Waals surface area contributed by atoms with Gasteiger partial charge in [0.1, 0.15) is 17.2 Å². The molecule has 0 aromatic heterocycles. The first-order valence-electron chi connectivity index (χ1n) is 9.46. The lowest BCUT2D eigenvalue weighted by molar-refractivity contribution is 0.304. The summed E-state index contributed by atoms with van der Waals surface area (Å²) in [5.41, 5.74) is 1.20. The molecule has 0 atom stereocenters. The molecule has 0 spiro atoms. The molecule has 0 amide bonds. The molecule has 3 heteroatoms. The van der Waals surface area contributed by atoms with Crippen LogP contribution in [0.3, 0.4) is 0 Å². The quantitative estimate of drug-likeness (QED) is 0.472. The molecule has 0 bridgehead atoms. The summed E-state index contributed by atoms with van der Waals surface area (Å²) in [7, 11) is 0. The first-order chi connectivity index (χ1) is 12.2. The van der Waals surface area contributed by atoms with Crippen molar-refractivity contribution >= 4 is 0 Å². The molecule has 2 aromatic carbocycles. The van der Waals surface area contributed by atoms with Gasteiger partial charge in [-0.3, -0.25) is 0 Å². The second kappa shape index (κ2) is 10.7. The van der Waals surface area contributed by atoms with Gasteiger partial charge in [0.15, 0.2) is 0 Å². The number of hydrogen-bond acceptors (Lipinski definition) is 3. The van der Waals surface area contributed by atoms with Crippen molar-refractivity contribution in [3.05, 3.63) is 42.5 Å². The number of hydrogen-bond donors (Lipinski definition) is 2. The van der Waals surface area contributed by atoms with E-state index in [-0.39, 0.29) is 11.5 Å². The molecule has 0 radical (unpaired) electrons. The van der Waals surface area contributed by atoms with Crippen LogP contribution in [0.2, 0.25) is 0 Å². The summed E-state index contributed by atoms with van der Waals surface area (Å²) < 4.78 is 5.82. The Morgan fingerprint density at radius 1 is 0.720 bits per heavy atom. The van der Waals surface area contributed by atoms with Crippen molar-refractivity contribution in [3.8, 4) is 28.4 Å². The van der Waals surface area contributed by atoms with E-state index in [1.165, 1.54) is 44.9 Å². The average Bonchev–Trinajstić information content (AvgIpc) is 2.62. The van der Waals surface area contributed by atoms with Gasteiger partial charge in [0.25, 0.3) is 0 Å². The van der Waals surface area contributed by atoms with Crippen LogP contribution in [0.4, 0.5) is 0 Å². The number of aromatic hydroxyl groups is 2. The molecule has 2 N–H and O–H groups in total. The monoisotopic (exact) mass is 342 g/mol. The highest BCUT2D eigenvalue weighted by Crippen LogP contribution is 2.37. The number of ether oxygens (including phenoxy) is 1. The first-order valence-corrected chi connectivity index (χ1v) is 9.46. The summed E-state index contributed by atoms with van der Waals surface area (Å²) in [5, 5.41) is 20.1. The Bertz CT molecular complexity index is 637. The van der Waals surface area contributed by atoms with Crippen LogP contribution in [-0.4, -0.2) is 16.8 Å². The van der Waals surface area contributed by atoms with Gasteiger partial charge in [-0.2, -0.15) is 0 Å². The van der Waals surface area contributed by atoms with Crippen molar-refractivity contribution in [2.45, 2.75) is 58.3 Å². The van der Waals surface area contributed by atoms with Crippen LogP contribution in [0.5, 0.6) is 17.2 Å². The number of phenolic OH excluding ortho intramolecular Hbond substituents is 2. The number of benzene rings is 2. The Balaban J connectivity index is 1.78. The molecule has 0 aliphatic heterocycles. The van der Waals surface area contributed by atoms with Gasteiger partial charge in [-0.25, -0.2) is 0 Å². The van der Waals surface area contributed by atoms with Crippen molar-refractivity contribution < 1.29 is 14.9 Å². The summed E-state index contributed by atoms with van der Waals surface area (Å²) >= 11 is 0. The fraction of sp³-hybridized carbons (Fsp3) is 0.455. The lowest BCUT2D eigenvalue weighted by Gasteiger charge is -2.11. The zero-order chi connectivity index (χ0) is 17.9. The van der Waals surface area contributed by atoms with Gasteiger partial charge < -0.3 is 14.9 Å². The third kappa shape index (κ3) is 6.33. The minimum absolute atomic E-state index is 0.140. The largest absolute Gasteiger partial charge is 0.507 e. The lowest BCUT2D eigenvalue weighted by atomic mass is 10.0. The molecule has 0 fully saturated rings. The van der Waals surface area contributed by atoms with Crippen LogP contribution in [0.1, 0.15) is 58.3 Å². The van der Waals surface area contributed by atoms with Crippen LogP contribution in [0, 0.1) is 0 Å². The fourth-order valence-electron chi connectivity index (χ4n) is 2.95. The van der Waals surface area contributed by atoms with Crippen molar-refractivity contribution in [2.24, 2.45) is 0 Å². The number of rotatable bonds is 11. The van der Waals surface area contributed by atoms with Crippen molar-refractivity contribution in [2.75, 3.05) is 6.61 Å². The predicted molar refractivity (Wildman–Crippen MR) is 103 cm³/mol. The minimum Gasteiger partial charge on any atom is -0.507 e. The van der Waals surface area contributed by atoms with E-state index in [4.69, 9.17) is 4.74 Å². The molecular formula is C22H30O3. The predicted octanol–water partition coefficient (Wildman–Crippen LogP) is 6.28. The summed E-state index contributed by atoms with van der Waals surface area (Å²) in [6.45, 7) is 2.92. The van der Waals surface area contributed by atoms with Gasteiger partial charge in [0.2, 0.25) is 0 Å². The maximum Gasteiger partial charge on any atom is 0.123 e. The molecule has 136 valence electrons. The molecule has 25 heavy (non-hydrogen) atoms. The molecule has 2 aromatic rings. The van der Waals surface area contributed by atoms with Gasteiger partial charge in [0.05, 0.1) is 6.61 Å². The van der Waals surface area contributed by atoms with E-state index in [1.54, 1.807) is 36.4 Å². The highest BCUT2D eigenvalue weighted by atomic mass is 16.5. The minimum atomic E-state index is 0.140. The Hall–Kier alpha value is -2.16. The fourth-order valence-corrected chi connectivity index (χ4v) is 2.95. The molecule has 0 heterocycles. The van der Waals surface area contributed by atoms with E-state index < -0.39 is 0 Å². The highest BCUT2D eigenvalue weighted by Gasteiger charge is 2.10. The van der Waals surface area contributed by atoms with E-state index in [0.717, 1.165) is 12.2 Å². The van der Waals surface area contributed by atoms with Gasteiger partial charge in [-0.05, 0) is 30.7 Å². The summed E-state index contributed by atoms with van der Waals surface area (Å²) in [6, 6.07) is 12.2. The Morgan fingerprint density at radius 2 is 1.36 bits per heavy atom. The Kier molecular flexibility index (Phi) is 8.17. The second-order valence-corrected chi connectivity index (χ2v) is 6.52. The van der Waals surface area contributed by atoms with Gasteiger partial charge >= 0.3 is 0 Å². The number of phenols is 2. The molecule has 2 rings (SSSR count). The molecule has 0 saturated heterocycles. The van der Waals surface area contributed by atoms with E-state index in [0.29, 0.717) is 17.7 Å². The standard InChI is InChI=1S/C22H30O3/c1-2-3-4-5-6-7-8-11-16-25-18-14-15-22(24)20(17-18)19-12-9-10-13-21(19)23/h9-10,12-15,17,23-24H,2-8,11,16H2,1H3. The first kappa shape index (κ1) is 19.2. The maximum atomic E-state index is 10.1. The third-order valence-corrected chi connectivity index (χ3v) is 4.43. The zero-order valence-electron chi connectivity index (χ0n) is 15.2.